The fourth-order valence-electron chi connectivity index (χ4n) is 5.03. The van der Waals surface area contributed by atoms with Crippen LogP contribution < -0.4 is 9.13 Å². The van der Waals surface area contributed by atoms with Gasteiger partial charge < -0.3 is 9.72 Å². The Bertz CT molecular complexity index is 1690. The second-order valence-electron chi connectivity index (χ2n) is 12.2. The Kier molecular flexibility index (Phi) is 9.47. The van der Waals surface area contributed by atoms with Gasteiger partial charge in [0.15, 0.2) is 0 Å². The maximum absolute atomic E-state index is 8.31. The van der Waals surface area contributed by atoms with E-state index in [1.807, 2.05) is 80.7 Å². The molecule has 5 heteroatoms. The van der Waals surface area contributed by atoms with Crippen molar-refractivity contribution in [2.45, 2.75) is 56.3 Å². The van der Waals surface area contributed by atoms with E-state index in [9.17, 15) is 0 Å². The Morgan fingerprint density at radius 1 is 0.833 bits per heavy atom. The van der Waals surface area contributed by atoms with Gasteiger partial charge in [0, 0.05) is 44.4 Å². The van der Waals surface area contributed by atoms with Crippen molar-refractivity contribution in [3.8, 4) is 34.0 Å². The Morgan fingerprint density at radius 2 is 1.60 bits per heavy atom. The van der Waals surface area contributed by atoms with E-state index >= 15 is 0 Å². The van der Waals surface area contributed by atoms with Gasteiger partial charge >= 0.3 is 99.8 Å². The monoisotopic (exact) mass is 794 g/mol. The molecule has 0 fully saturated rings. The van der Waals surface area contributed by atoms with Gasteiger partial charge in [-0.1, -0.05) is 68.7 Å². The molecule has 217 valence electrons. The molecule has 1 radical (unpaired) electrons. The number of fused-ring (bicyclic) bond motifs is 2. The molecule has 0 aliphatic carbocycles. The van der Waals surface area contributed by atoms with Crippen LogP contribution in [0.5, 0.6) is 11.5 Å². The zero-order valence-electron chi connectivity index (χ0n) is 26.4. The van der Waals surface area contributed by atoms with Crippen molar-refractivity contribution >= 4 is 17.7 Å². The van der Waals surface area contributed by atoms with Gasteiger partial charge in [0.05, 0.1) is 0 Å². The predicted molar refractivity (Wildman–Crippen MR) is 173 cm³/mol. The van der Waals surface area contributed by atoms with Crippen molar-refractivity contribution in [2.24, 2.45) is 0 Å². The average molecular weight is 793 g/mol. The molecule has 42 heavy (non-hydrogen) atoms. The van der Waals surface area contributed by atoms with Crippen LogP contribution in [0.4, 0.5) is 0 Å². The Labute approximate surface area is 268 Å². The second kappa shape index (κ2) is 13.1. The van der Waals surface area contributed by atoms with Crippen molar-refractivity contribution in [2.75, 3.05) is 0 Å². The summed E-state index contributed by atoms with van der Waals surface area (Å²) in [7, 11) is 0. The summed E-state index contributed by atoms with van der Waals surface area (Å²) in [4.78, 5) is 9.07. The first-order valence-corrected chi connectivity index (χ1v) is 21.4. The molecule has 0 N–H and O–H groups in total. The number of pyridine rings is 2. The third kappa shape index (κ3) is 6.78. The summed E-state index contributed by atoms with van der Waals surface area (Å²) in [6.45, 7) is 8.19. The smallest absolute Gasteiger partial charge is 0 e. The van der Waals surface area contributed by atoms with Crippen LogP contribution in [0.1, 0.15) is 51.7 Å². The maximum Gasteiger partial charge on any atom is 0 e. The van der Waals surface area contributed by atoms with E-state index in [0.717, 1.165) is 45.1 Å². The Balaban J connectivity index is 0.000000215. The second-order valence-corrected chi connectivity index (χ2v) is 22.9. The minimum absolute atomic E-state index is 0. The number of hydrogen-bond acceptors (Lipinski definition) is 3. The minimum atomic E-state index is -1.72. The third-order valence-corrected chi connectivity index (χ3v) is 11.9. The van der Waals surface area contributed by atoms with Gasteiger partial charge in [-0.05, 0) is 23.7 Å². The summed E-state index contributed by atoms with van der Waals surface area (Å²) in [5.41, 5.74) is 6.77. The first kappa shape index (κ1) is 30.4. The van der Waals surface area contributed by atoms with E-state index in [1.165, 1.54) is 9.96 Å². The summed E-state index contributed by atoms with van der Waals surface area (Å²) in [5.74, 6) is 8.15. The quantitative estimate of drug-likeness (QED) is 0.135. The third-order valence-electron chi connectivity index (χ3n) is 7.60. The maximum atomic E-state index is 8.31. The van der Waals surface area contributed by atoms with Crippen molar-refractivity contribution in [1.29, 1.82) is 0 Å². The van der Waals surface area contributed by atoms with Gasteiger partial charge in [0.1, 0.15) is 5.75 Å². The van der Waals surface area contributed by atoms with Gasteiger partial charge in [-0.3, -0.25) is 0 Å². The van der Waals surface area contributed by atoms with Crippen LogP contribution >= 0.6 is 0 Å². The number of nitrogens with zero attached hydrogens (tertiary/aromatic N) is 2. The van der Waals surface area contributed by atoms with E-state index in [4.69, 9.17) is 6.11 Å². The number of para-hydroxylation sites is 1. The SMILES string of the molecule is [2H]C(C)(C)c1ccnc(-c2[c-]ccc3c2Oc2ccccc2C3(C)C)c1.[CH3][Ge]([CH3])([CH3])[c]1ccc(-c2[c-]cccc2)nc1.[Ir]. The summed E-state index contributed by atoms with van der Waals surface area (Å²) < 4.78 is 16.1. The zero-order chi connectivity index (χ0) is 30.1. The number of ether oxygens (including phenoxy) is 1. The van der Waals surface area contributed by atoms with Gasteiger partial charge in [0.25, 0.3) is 0 Å². The van der Waals surface area contributed by atoms with Crippen LogP contribution in [0.25, 0.3) is 22.5 Å². The molecular formula is C37H38GeIrN2O-2. The molecule has 1 aliphatic rings. The summed E-state index contributed by atoms with van der Waals surface area (Å²) >= 11 is -1.72. The Morgan fingerprint density at radius 3 is 2.26 bits per heavy atom. The van der Waals surface area contributed by atoms with E-state index in [0.29, 0.717) is 0 Å². The molecule has 3 nitrogen and oxygen atoms in total. The molecule has 0 spiro atoms. The molecule has 0 saturated heterocycles. The molecule has 3 aromatic carbocycles. The number of rotatable bonds is 4. The number of aromatic nitrogens is 2. The minimum Gasteiger partial charge on any atom is 0 e. The fourth-order valence-corrected chi connectivity index (χ4v) is 7.20. The molecule has 0 atom stereocenters. The van der Waals surface area contributed by atoms with Crippen LogP contribution in [0.3, 0.4) is 0 Å². The molecule has 0 amide bonds. The molecule has 0 saturated carbocycles. The largest absolute Gasteiger partial charge is 0 e. The van der Waals surface area contributed by atoms with Gasteiger partial charge in [-0.2, -0.15) is 0 Å². The van der Waals surface area contributed by atoms with E-state index in [-0.39, 0.29) is 25.5 Å². The molecular weight excluding hydrogens is 753 g/mol. The van der Waals surface area contributed by atoms with Crippen LogP contribution in [0, 0.1) is 12.1 Å². The van der Waals surface area contributed by atoms with Crippen LogP contribution in [0.2, 0.25) is 17.3 Å². The van der Waals surface area contributed by atoms with Crippen molar-refractivity contribution in [3.05, 3.63) is 126 Å². The molecule has 5 aromatic rings. The molecule has 2 aromatic heterocycles. The normalized spacial score (nSPS) is 13.6. The Hall–Kier alpha value is -3.05. The van der Waals surface area contributed by atoms with Crippen LogP contribution in [-0.2, 0) is 25.5 Å². The first-order valence-electron chi connectivity index (χ1n) is 14.6. The summed E-state index contributed by atoms with van der Waals surface area (Å²) in [6, 6.07) is 34.8. The van der Waals surface area contributed by atoms with E-state index in [2.05, 4.69) is 77.5 Å². The van der Waals surface area contributed by atoms with Gasteiger partial charge in [0.2, 0.25) is 0 Å². The standard InChI is InChI=1S/C23H22NO.C14H16GeN.Ir/c1-15(2)16-12-13-24-20(14-16)17-8-7-10-19-22(17)25-21-11-6-5-9-18(21)23(19,3)4;1-15(2,3)13-9-10-14(16-11-13)12-7-5-4-6-8-12;/h5-7,9-15H,1-4H3;4-7,9-11H,1-3H3;/q2*-1;/i15D;;. The zero-order valence-corrected chi connectivity index (χ0v) is 29.9. The number of hydrogen-bond donors (Lipinski definition) is 0. The van der Waals surface area contributed by atoms with Gasteiger partial charge in [-0.25, -0.2) is 0 Å². The molecule has 0 bridgehead atoms. The van der Waals surface area contributed by atoms with Crippen molar-refractivity contribution in [3.63, 3.8) is 0 Å². The van der Waals surface area contributed by atoms with E-state index in [1.54, 1.807) is 6.20 Å². The molecule has 1 aliphatic heterocycles. The van der Waals surface area contributed by atoms with E-state index < -0.39 is 19.2 Å². The van der Waals surface area contributed by atoms with Crippen molar-refractivity contribution < 1.29 is 26.2 Å². The first-order chi connectivity index (χ1) is 19.9. The predicted octanol–water partition coefficient (Wildman–Crippen LogP) is 9.20. The molecule has 6 rings (SSSR count). The van der Waals surface area contributed by atoms with Crippen molar-refractivity contribution in [1.82, 2.24) is 9.97 Å². The topological polar surface area (TPSA) is 35.0 Å². The number of benzene rings is 3. The summed E-state index contributed by atoms with van der Waals surface area (Å²) in [5, 5.41) is 0. The average Bonchev–Trinajstić information content (AvgIpc) is 2.97. The molecule has 3 heterocycles. The molecule has 0 unspecified atom stereocenters. The van der Waals surface area contributed by atoms with Crippen LogP contribution in [-0.4, -0.2) is 23.2 Å². The summed E-state index contributed by atoms with van der Waals surface area (Å²) in [6.07, 6.45) is 3.80. The fraction of sp³-hybridized carbons (Fsp3) is 0.243. The van der Waals surface area contributed by atoms with Crippen LogP contribution in [0.15, 0.2) is 97.3 Å². The van der Waals surface area contributed by atoms with Gasteiger partial charge in [-0.15, -0.1) is 18.2 Å².